The summed E-state index contributed by atoms with van der Waals surface area (Å²) in [6.45, 7) is 7.93. The summed E-state index contributed by atoms with van der Waals surface area (Å²) in [6, 6.07) is 25.7. The summed E-state index contributed by atoms with van der Waals surface area (Å²) < 4.78 is 0. The molecule has 4 atom stereocenters. The van der Waals surface area contributed by atoms with Crippen LogP contribution >= 0.6 is 0 Å². The topological polar surface area (TPSA) is 54.5 Å². The molecule has 3 aromatic carbocycles. The second-order valence-corrected chi connectivity index (χ2v) is 10.6. The van der Waals surface area contributed by atoms with Crippen LogP contribution in [0.5, 0.6) is 0 Å². The van der Waals surface area contributed by atoms with Gasteiger partial charge in [0.2, 0.25) is 11.8 Å². The van der Waals surface area contributed by atoms with Gasteiger partial charge in [-0.1, -0.05) is 86.6 Å². The maximum atomic E-state index is 14.7. The van der Waals surface area contributed by atoms with E-state index in [1.165, 1.54) is 4.90 Å². The Bertz CT molecular complexity index is 1400. The molecule has 3 aliphatic rings. The molecule has 2 amide bonds. The lowest BCUT2D eigenvalue weighted by Crippen LogP contribution is -2.42. The van der Waals surface area contributed by atoms with Crippen LogP contribution in [-0.4, -0.2) is 17.6 Å². The standard InChI is InChI=1S/C33H31NO3/c1-5-32-25(22-15-9-7-10-16-22)26(23-17-11-8-12-18-23)33(6-2,31(32)37)28-27(32)29(35)34(30(28)36)24-19-13-14-20(3)21(24)4/h7-19,27-28H,5-6H2,1-4H3. The van der Waals surface area contributed by atoms with Crippen molar-refractivity contribution in [3.8, 4) is 0 Å². The highest BCUT2D eigenvalue weighted by atomic mass is 16.2. The summed E-state index contributed by atoms with van der Waals surface area (Å²) >= 11 is 0. The summed E-state index contributed by atoms with van der Waals surface area (Å²) in [5.41, 5.74) is 4.25. The highest BCUT2D eigenvalue weighted by Gasteiger charge is 2.80. The SMILES string of the molecule is CCC12C(=O)C(CC)(C(c3ccccc3)=C1c1ccccc1)C1C(=O)N(c3cccc(C)c3C)C(=O)C12. The van der Waals surface area contributed by atoms with Crippen molar-refractivity contribution in [2.75, 3.05) is 4.90 Å². The molecule has 37 heavy (non-hydrogen) atoms. The fourth-order valence-corrected chi connectivity index (χ4v) is 7.67. The molecule has 0 radical (unpaired) electrons. The van der Waals surface area contributed by atoms with Crippen molar-refractivity contribution in [2.24, 2.45) is 22.7 Å². The number of rotatable bonds is 5. The summed E-state index contributed by atoms with van der Waals surface area (Å²) in [6.07, 6.45) is 0.934. The van der Waals surface area contributed by atoms with E-state index in [9.17, 15) is 14.4 Å². The predicted molar refractivity (Wildman–Crippen MR) is 146 cm³/mol. The normalized spacial score (nSPS) is 28.4. The summed E-state index contributed by atoms with van der Waals surface area (Å²) in [5, 5.41) is 0. The van der Waals surface area contributed by atoms with E-state index in [4.69, 9.17) is 0 Å². The number of benzene rings is 3. The molecule has 6 rings (SSSR count). The molecule has 186 valence electrons. The number of carbonyl (C=O) groups excluding carboxylic acids is 3. The Hall–Kier alpha value is -3.79. The minimum Gasteiger partial charge on any atom is -0.298 e. The first-order chi connectivity index (χ1) is 17.9. The van der Waals surface area contributed by atoms with Gasteiger partial charge in [-0.15, -0.1) is 0 Å². The van der Waals surface area contributed by atoms with Crippen LogP contribution < -0.4 is 4.90 Å². The maximum Gasteiger partial charge on any atom is 0.239 e. The van der Waals surface area contributed by atoms with E-state index in [1.54, 1.807) is 0 Å². The van der Waals surface area contributed by atoms with E-state index in [0.29, 0.717) is 18.5 Å². The number of hydrogen-bond acceptors (Lipinski definition) is 3. The Balaban J connectivity index is 1.68. The first-order valence-corrected chi connectivity index (χ1v) is 13.2. The first-order valence-electron chi connectivity index (χ1n) is 13.2. The largest absolute Gasteiger partial charge is 0.298 e. The molecule has 2 fully saturated rings. The Morgan fingerprint density at radius 2 is 1.11 bits per heavy atom. The third kappa shape index (κ3) is 2.71. The molecular weight excluding hydrogens is 458 g/mol. The van der Waals surface area contributed by atoms with Crippen molar-refractivity contribution in [1.29, 1.82) is 0 Å². The van der Waals surface area contributed by atoms with E-state index in [0.717, 1.165) is 33.4 Å². The zero-order chi connectivity index (χ0) is 26.1. The highest BCUT2D eigenvalue weighted by molar-refractivity contribution is 6.34. The van der Waals surface area contributed by atoms with Crippen molar-refractivity contribution in [3.63, 3.8) is 0 Å². The van der Waals surface area contributed by atoms with Crippen LogP contribution in [0, 0.1) is 36.5 Å². The van der Waals surface area contributed by atoms with Crippen molar-refractivity contribution >= 4 is 34.4 Å². The number of amides is 2. The highest BCUT2D eigenvalue weighted by Crippen LogP contribution is 2.75. The zero-order valence-corrected chi connectivity index (χ0v) is 21.7. The number of nitrogens with zero attached hydrogens (tertiary/aromatic N) is 1. The Morgan fingerprint density at radius 3 is 1.54 bits per heavy atom. The van der Waals surface area contributed by atoms with Crippen LogP contribution in [0.3, 0.4) is 0 Å². The number of ketones is 1. The summed E-state index contributed by atoms with van der Waals surface area (Å²) in [5.74, 6) is -1.86. The molecule has 4 nitrogen and oxygen atoms in total. The van der Waals surface area contributed by atoms with Gasteiger partial charge in [0, 0.05) is 0 Å². The lowest BCUT2D eigenvalue weighted by molar-refractivity contribution is -0.134. The summed E-state index contributed by atoms with van der Waals surface area (Å²) in [4.78, 5) is 44.9. The average Bonchev–Trinajstić information content (AvgIpc) is 3.42. The number of allylic oxidation sites excluding steroid dienone is 2. The van der Waals surface area contributed by atoms with E-state index < -0.39 is 22.7 Å². The van der Waals surface area contributed by atoms with Gasteiger partial charge in [0.05, 0.1) is 28.4 Å². The molecule has 4 heteroatoms. The molecule has 0 aromatic heterocycles. The van der Waals surface area contributed by atoms with Crippen LogP contribution in [0.1, 0.15) is 48.9 Å². The van der Waals surface area contributed by atoms with Crippen LogP contribution in [-0.2, 0) is 14.4 Å². The zero-order valence-electron chi connectivity index (χ0n) is 21.7. The molecule has 1 saturated carbocycles. The Morgan fingerprint density at radius 1 is 0.649 bits per heavy atom. The fourth-order valence-electron chi connectivity index (χ4n) is 7.67. The van der Waals surface area contributed by atoms with Gasteiger partial charge in [-0.2, -0.15) is 0 Å². The molecule has 1 heterocycles. The van der Waals surface area contributed by atoms with Crippen LogP contribution in [0.4, 0.5) is 5.69 Å². The van der Waals surface area contributed by atoms with E-state index in [2.05, 4.69) is 0 Å². The number of imide groups is 1. The lowest BCUT2D eigenvalue weighted by atomic mass is 9.60. The van der Waals surface area contributed by atoms with Gasteiger partial charge in [-0.05, 0) is 66.2 Å². The molecule has 1 aliphatic heterocycles. The van der Waals surface area contributed by atoms with Crippen molar-refractivity contribution in [2.45, 2.75) is 40.5 Å². The minimum atomic E-state index is -1.05. The van der Waals surface area contributed by atoms with Crippen molar-refractivity contribution in [1.82, 2.24) is 0 Å². The quantitative estimate of drug-likeness (QED) is 0.389. The molecule has 2 bridgehead atoms. The molecule has 3 aromatic rings. The van der Waals surface area contributed by atoms with E-state index in [-0.39, 0.29) is 17.6 Å². The number of hydrogen-bond donors (Lipinski definition) is 0. The molecule has 1 saturated heterocycles. The predicted octanol–water partition coefficient (Wildman–Crippen LogP) is 6.41. The molecular formula is C33H31NO3. The van der Waals surface area contributed by atoms with Gasteiger partial charge in [-0.3, -0.25) is 14.4 Å². The Kier molecular flexibility index (Phi) is 5.17. The number of aryl methyl sites for hydroxylation is 1. The second kappa shape index (κ2) is 8.11. The van der Waals surface area contributed by atoms with Gasteiger partial charge in [-0.25, -0.2) is 4.90 Å². The summed E-state index contributed by atoms with van der Waals surface area (Å²) in [7, 11) is 0. The molecule has 0 N–H and O–H groups in total. The van der Waals surface area contributed by atoms with Gasteiger partial charge < -0.3 is 0 Å². The Labute approximate surface area is 218 Å². The maximum absolute atomic E-state index is 14.7. The average molecular weight is 490 g/mol. The molecule has 2 aliphatic carbocycles. The molecule has 0 spiro atoms. The minimum absolute atomic E-state index is 0.0417. The van der Waals surface area contributed by atoms with Crippen molar-refractivity contribution < 1.29 is 14.4 Å². The van der Waals surface area contributed by atoms with Gasteiger partial charge in [0.15, 0.2) is 5.78 Å². The number of anilines is 1. The van der Waals surface area contributed by atoms with E-state index in [1.807, 2.05) is 107 Å². The third-order valence-corrected chi connectivity index (χ3v) is 9.38. The number of Topliss-reactive ketones (excluding diaryl/α,β-unsaturated/α-hetero) is 1. The molecule has 4 unspecified atom stereocenters. The smallest absolute Gasteiger partial charge is 0.239 e. The fraction of sp³-hybridized carbons (Fsp3) is 0.303. The van der Waals surface area contributed by atoms with Gasteiger partial charge in [0.1, 0.15) is 0 Å². The van der Waals surface area contributed by atoms with Crippen LogP contribution in [0.2, 0.25) is 0 Å². The number of fused-ring (bicyclic) bond motifs is 5. The number of carbonyl (C=O) groups is 3. The lowest BCUT2D eigenvalue weighted by Gasteiger charge is -2.38. The van der Waals surface area contributed by atoms with Crippen LogP contribution in [0.25, 0.3) is 11.1 Å². The second-order valence-electron chi connectivity index (χ2n) is 10.6. The van der Waals surface area contributed by atoms with Gasteiger partial charge in [0.25, 0.3) is 0 Å². The first kappa shape index (κ1) is 23.6. The van der Waals surface area contributed by atoms with Crippen LogP contribution in [0.15, 0.2) is 78.9 Å². The van der Waals surface area contributed by atoms with Gasteiger partial charge >= 0.3 is 0 Å². The third-order valence-electron chi connectivity index (χ3n) is 9.38. The van der Waals surface area contributed by atoms with Crippen molar-refractivity contribution in [3.05, 3.63) is 101 Å². The monoisotopic (exact) mass is 489 g/mol. The van der Waals surface area contributed by atoms with E-state index >= 15 is 0 Å².